The fourth-order valence-corrected chi connectivity index (χ4v) is 3.57. The van der Waals surface area contributed by atoms with Gasteiger partial charge in [-0.05, 0) is 79.6 Å². The van der Waals surface area contributed by atoms with Gasteiger partial charge in [0.15, 0.2) is 17.4 Å². The summed E-state index contributed by atoms with van der Waals surface area (Å²) in [6.45, 7) is 6.02. The van der Waals surface area contributed by atoms with Gasteiger partial charge in [-0.15, -0.1) is 0 Å². The Labute approximate surface area is 186 Å². The van der Waals surface area contributed by atoms with E-state index in [2.05, 4.69) is 5.32 Å². The minimum Gasteiger partial charge on any atom is -0.867 e. The summed E-state index contributed by atoms with van der Waals surface area (Å²) in [5.74, 6) is -0.311. The zero-order chi connectivity index (χ0) is 21.1. The molecular formula is C23H20Cl2N2OS. The summed E-state index contributed by atoms with van der Waals surface area (Å²) in [7, 11) is 0. The van der Waals surface area contributed by atoms with Crippen LogP contribution in [0.1, 0.15) is 22.3 Å². The molecule has 1 aromatic heterocycles. The molecule has 148 valence electrons. The van der Waals surface area contributed by atoms with Crippen LogP contribution in [0.4, 0.5) is 5.69 Å². The highest BCUT2D eigenvalue weighted by Crippen LogP contribution is 2.27. The van der Waals surface area contributed by atoms with Crippen LogP contribution in [0.2, 0.25) is 10.0 Å². The van der Waals surface area contributed by atoms with Gasteiger partial charge in [0.25, 0.3) is 0 Å². The van der Waals surface area contributed by atoms with E-state index in [-0.39, 0.29) is 5.76 Å². The van der Waals surface area contributed by atoms with Crippen LogP contribution in [0, 0.1) is 20.8 Å². The van der Waals surface area contributed by atoms with Crippen LogP contribution in [-0.2, 0) is 0 Å². The highest BCUT2D eigenvalue weighted by atomic mass is 35.5. The second kappa shape index (κ2) is 8.95. The monoisotopic (exact) mass is 442 g/mol. The highest BCUT2D eigenvalue weighted by molar-refractivity contribution is 7.81. The molecule has 29 heavy (non-hydrogen) atoms. The van der Waals surface area contributed by atoms with E-state index in [1.54, 1.807) is 29.0 Å². The first-order chi connectivity index (χ1) is 13.8. The molecule has 0 radical (unpaired) electrons. The Morgan fingerprint density at radius 1 is 1.00 bits per heavy atom. The largest absolute Gasteiger partial charge is 0.867 e. The average Bonchev–Trinajstić information content (AvgIpc) is 2.67. The molecule has 6 heteroatoms. The summed E-state index contributed by atoms with van der Waals surface area (Å²) in [5, 5.41) is 17.4. The second-order valence-electron chi connectivity index (χ2n) is 6.84. The molecule has 0 saturated heterocycles. The summed E-state index contributed by atoms with van der Waals surface area (Å²) in [6.07, 6.45) is 3.63. The topological polar surface area (TPSA) is 39.0 Å². The van der Waals surface area contributed by atoms with Crippen molar-refractivity contribution >= 4 is 57.6 Å². The molecule has 0 bridgehead atoms. The van der Waals surface area contributed by atoms with Crippen molar-refractivity contribution in [1.82, 2.24) is 0 Å². The first-order valence-electron chi connectivity index (χ1n) is 9.00. The molecule has 3 rings (SSSR count). The average molecular weight is 443 g/mol. The summed E-state index contributed by atoms with van der Waals surface area (Å²) < 4.78 is 1.71. The lowest BCUT2D eigenvalue weighted by Gasteiger charge is -2.18. The summed E-state index contributed by atoms with van der Waals surface area (Å²) in [4.78, 5) is 0.296. The van der Waals surface area contributed by atoms with Crippen molar-refractivity contribution in [2.45, 2.75) is 20.8 Å². The van der Waals surface area contributed by atoms with Gasteiger partial charge in [0.2, 0.25) is 5.70 Å². The molecule has 3 nitrogen and oxygen atoms in total. The molecule has 0 aliphatic rings. The van der Waals surface area contributed by atoms with Crippen molar-refractivity contribution in [2.75, 3.05) is 5.32 Å². The Bertz CT molecular complexity index is 1130. The standard InChI is InChI=1S/C23H20Cl2N2OS/c1-14-5-4-10-27(13-14)21(22(28)19-12-17(24)7-9-20(19)25)23(29)26-18-8-6-15(2)16(3)11-18/h4-13H,1-3H3,(H-,26,28,29). The SMILES string of the molecule is Cc1ccc[n+](/C(C(=S)Nc2ccc(C)c(C)c2)=C(/[O-])c2cc(Cl)ccc2Cl)c1. The summed E-state index contributed by atoms with van der Waals surface area (Å²) in [5.41, 5.74) is 4.71. The number of pyridine rings is 1. The Balaban J connectivity index is 2.13. The highest BCUT2D eigenvalue weighted by Gasteiger charge is 2.20. The Kier molecular flexibility index (Phi) is 6.58. The molecule has 0 fully saturated rings. The normalized spacial score (nSPS) is 11.8. The van der Waals surface area contributed by atoms with Gasteiger partial charge in [-0.1, -0.05) is 41.5 Å². The molecule has 1 N–H and O–H groups in total. The van der Waals surface area contributed by atoms with E-state index in [4.69, 9.17) is 35.4 Å². The molecule has 0 saturated carbocycles. The van der Waals surface area contributed by atoms with E-state index >= 15 is 0 Å². The van der Waals surface area contributed by atoms with Crippen LogP contribution < -0.4 is 15.0 Å². The zero-order valence-electron chi connectivity index (χ0n) is 16.3. The third-order valence-electron chi connectivity index (χ3n) is 4.57. The molecule has 0 aliphatic carbocycles. The number of nitrogens with zero attached hydrogens (tertiary/aromatic N) is 1. The Morgan fingerprint density at radius 3 is 2.45 bits per heavy atom. The minimum atomic E-state index is -0.311. The fourth-order valence-electron chi connectivity index (χ4n) is 2.88. The van der Waals surface area contributed by atoms with Crippen molar-refractivity contribution in [3.8, 4) is 0 Å². The number of aryl methyl sites for hydroxylation is 3. The smallest absolute Gasteiger partial charge is 0.238 e. The maximum Gasteiger partial charge on any atom is 0.238 e. The number of hydrogen-bond donors (Lipinski definition) is 1. The number of halogens is 2. The molecule has 0 unspecified atom stereocenters. The molecular weight excluding hydrogens is 423 g/mol. The third kappa shape index (κ3) is 4.96. The van der Waals surface area contributed by atoms with Crippen LogP contribution in [0.5, 0.6) is 0 Å². The van der Waals surface area contributed by atoms with Crippen molar-refractivity contribution in [3.05, 3.63) is 93.2 Å². The van der Waals surface area contributed by atoms with Gasteiger partial charge in [0.1, 0.15) is 0 Å². The van der Waals surface area contributed by atoms with Crippen LogP contribution in [-0.4, -0.2) is 4.99 Å². The van der Waals surface area contributed by atoms with Crippen LogP contribution >= 0.6 is 35.4 Å². The van der Waals surface area contributed by atoms with Crippen LogP contribution in [0.25, 0.3) is 11.5 Å². The number of rotatable bonds is 4. The molecule has 2 aromatic carbocycles. The number of thiocarbonyl (C=S) groups is 1. The fraction of sp³-hybridized carbons (Fsp3) is 0.130. The van der Waals surface area contributed by atoms with Gasteiger partial charge in [0, 0.05) is 27.4 Å². The molecule has 1 heterocycles. The summed E-state index contributed by atoms with van der Waals surface area (Å²) >= 11 is 18.0. The van der Waals surface area contributed by atoms with Gasteiger partial charge in [0.05, 0.1) is 0 Å². The first kappa shape index (κ1) is 21.3. The van der Waals surface area contributed by atoms with E-state index in [1.165, 1.54) is 5.56 Å². The minimum absolute atomic E-state index is 0.296. The van der Waals surface area contributed by atoms with E-state index in [0.717, 1.165) is 16.8 Å². The Hall–Kier alpha value is -2.40. The first-order valence-corrected chi connectivity index (χ1v) is 10.2. The van der Waals surface area contributed by atoms with E-state index in [1.807, 2.05) is 57.3 Å². The number of hydrogen-bond acceptors (Lipinski definition) is 2. The number of nitrogens with one attached hydrogen (secondary N) is 1. The van der Waals surface area contributed by atoms with Crippen molar-refractivity contribution < 1.29 is 9.67 Å². The predicted molar refractivity (Wildman–Crippen MR) is 123 cm³/mol. The van der Waals surface area contributed by atoms with Gasteiger partial charge >= 0.3 is 0 Å². The predicted octanol–water partition coefficient (Wildman–Crippen LogP) is 5.33. The van der Waals surface area contributed by atoms with Crippen molar-refractivity contribution in [3.63, 3.8) is 0 Å². The maximum atomic E-state index is 13.5. The third-order valence-corrected chi connectivity index (χ3v) is 5.43. The quantitative estimate of drug-likeness (QED) is 0.256. The van der Waals surface area contributed by atoms with Gasteiger partial charge in [-0.25, -0.2) is 0 Å². The summed E-state index contributed by atoms with van der Waals surface area (Å²) in [6, 6.07) is 14.6. The van der Waals surface area contributed by atoms with E-state index in [9.17, 15) is 5.11 Å². The number of benzene rings is 2. The van der Waals surface area contributed by atoms with Gasteiger partial charge in [-0.3, -0.25) is 0 Å². The molecule has 0 aliphatic heterocycles. The maximum absolute atomic E-state index is 13.5. The van der Waals surface area contributed by atoms with E-state index in [0.29, 0.717) is 26.3 Å². The molecule has 3 aromatic rings. The number of aromatic nitrogens is 1. The number of anilines is 1. The lowest BCUT2D eigenvalue weighted by atomic mass is 10.1. The lowest BCUT2D eigenvalue weighted by molar-refractivity contribution is -0.578. The Morgan fingerprint density at radius 2 is 1.76 bits per heavy atom. The lowest BCUT2D eigenvalue weighted by Crippen LogP contribution is -2.40. The zero-order valence-corrected chi connectivity index (χ0v) is 18.6. The molecule has 0 atom stereocenters. The molecule has 0 amide bonds. The van der Waals surface area contributed by atoms with Crippen molar-refractivity contribution in [1.29, 1.82) is 0 Å². The van der Waals surface area contributed by atoms with Crippen LogP contribution in [0.3, 0.4) is 0 Å². The van der Waals surface area contributed by atoms with E-state index < -0.39 is 0 Å². The van der Waals surface area contributed by atoms with Gasteiger partial charge in [-0.2, -0.15) is 4.57 Å². The van der Waals surface area contributed by atoms with Gasteiger partial charge < -0.3 is 10.4 Å². The van der Waals surface area contributed by atoms with Crippen LogP contribution in [0.15, 0.2) is 60.9 Å². The molecule has 0 spiro atoms. The second-order valence-corrected chi connectivity index (χ2v) is 8.10. The van der Waals surface area contributed by atoms with Crippen molar-refractivity contribution in [2.24, 2.45) is 0 Å².